The number of hydrogen-bond donors (Lipinski definition) is 2. The van der Waals surface area contributed by atoms with E-state index in [9.17, 15) is 0 Å². The molecule has 11 nitrogen and oxygen atoms in total. The van der Waals surface area contributed by atoms with Gasteiger partial charge in [-0.2, -0.15) is 0 Å². The Morgan fingerprint density at radius 1 is 1.05 bits per heavy atom. The molecule has 0 atom stereocenters. The second-order valence-corrected chi connectivity index (χ2v) is 10.4. The van der Waals surface area contributed by atoms with E-state index in [0.29, 0.717) is 25.0 Å². The summed E-state index contributed by atoms with van der Waals surface area (Å²) in [5, 5.41) is 6.81. The molecule has 1 fully saturated rings. The lowest BCUT2D eigenvalue weighted by atomic mass is 10.0. The number of hydrogen-bond acceptors (Lipinski definition) is 11. The van der Waals surface area contributed by atoms with Gasteiger partial charge in [0.25, 0.3) is 0 Å². The van der Waals surface area contributed by atoms with Crippen molar-refractivity contribution < 1.29 is 9.47 Å². The number of nitrogens with one attached hydrogen (secondary N) is 2. The van der Waals surface area contributed by atoms with Crippen LogP contribution >= 0.6 is 0 Å². The van der Waals surface area contributed by atoms with Crippen LogP contribution in [0.25, 0.3) is 0 Å². The summed E-state index contributed by atoms with van der Waals surface area (Å²) < 4.78 is 11.2. The van der Waals surface area contributed by atoms with Crippen LogP contribution in [0.3, 0.4) is 0 Å². The van der Waals surface area contributed by atoms with Crippen LogP contribution in [0.15, 0.2) is 24.7 Å². The predicted molar refractivity (Wildman–Crippen MR) is 153 cm³/mol. The van der Waals surface area contributed by atoms with Crippen molar-refractivity contribution in [2.24, 2.45) is 0 Å². The van der Waals surface area contributed by atoms with E-state index in [0.717, 1.165) is 98.6 Å². The lowest BCUT2D eigenvalue weighted by Crippen LogP contribution is -2.40. The summed E-state index contributed by atoms with van der Waals surface area (Å²) in [6.07, 6.45) is 6.62. The Labute approximate surface area is 229 Å². The first-order chi connectivity index (χ1) is 19.0. The average molecular weight is 532 g/mol. The molecule has 11 heteroatoms. The highest BCUT2D eigenvalue weighted by atomic mass is 16.5. The maximum absolute atomic E-state index is 5.71. The van der Waals surface area contributed by atoms with Crippen molar-refractivity contribution in [2.45, 2.75) is 26.8 Å². The third kappa shape index (κ3) is 5.55. The maximum Gasteiger partial charge on any atom is 0.237 e. The number of aromatic nitrogens is 4. The van der Waals surface area contributed by atoms with Gasteiger partial charge in [0, 0.05) is 58.1 Å². The zero-order valence-corrected chi connectivity index (χ0v) is 23.0. The van der Waals surface area contributed by atoms with E-state index < -0.39 is 0 Å². The Morgan fingerprint density at radius 2 is 1.92 bits per heavy atom. The quantitative estimate of drug-likeness (QED) is 0.470. The molecule has 6 rings (SSSR count). The third-order valence-corrected chi connectivity index (χ3v) is 7.73. The second-order valence-electron chi connectivity index (χ2n) is 10.4. The normalized spacial score (nSPS) is 17.1. The van der Waals surface area contributed by atoms with Crippen LogP contribution in [0.4, 0.5) is 28.8 Å². The fraction of sp³-hybridized carbons (Fsp3) is 0.500. The first kappa shape index (κ1) is 25.6. The van der Waals surface area contributed by atoms with Crippen molar-refractivity contribution in [2.75, 3.05) is 86.6 Å². The molecule has 3 aromatic heterocycles. The predicted octanol–water partition coefficient (Wildman–Crippen LogP) is 2.76. The second kappa shape index (κ2) is 11.2. The van der Waals surface area contributed by atoms with Crippen molar-refractivity contribution in [1.82, 2.24) is 24.8 Å². The number of rotatable bonds is 7. The van der Waals surface area contributed by atoms with E-state index in [1.807, 2.05) is 18.6 Å². The summed E-state index contributed by atoms with van der Waals surface area (Å²) in [6, 6.07) is 2.11. The van der Waals surface area contributed by atoms with Gasteiger partial charge in [-0.25, -0.2) is 19.9 Å². The zero-order valence-electron chi connectivity index (χ0n) is 23.0. The number of morpholine rings is 1. The molecule has 3 aliphatic heterocycles. The van der Waals surface area contributed by atoms with Gasteiger partial charge in [0.2, 0.25) is 11.8 Å². The molecule has 206 valence electrons. The lowest BCUT2D eigenvalue weighted by Gasteiger charge is -2.32. The number of pyridine rings is 2. The molecule has 3 aliphatic rings. The SMILES string of the molecule is Cc1cc(Nc2ncc3c(n2)CN(c2cnc4c(c2C)NCCO4)CC3)cnc1N(C)CCN1CCOCC1. The number of likely N-dealkylation sites (N-methyl/N-ethyl adjacent to an activating group) is 1. The van der Waals surface area contributed by atoms with Crippen molar-refractivity contribution in [1.29, 1.82) is 0 Å². The van der Waals surface area contributed by atoms with Crippen LogP contribution in [0, 0.1) is 13.8 Å². The standard InChI is InChI=1S/C28H37N9O2/c1-19-14-22(16-30-26(19)35(3)7-8-36-9-12-38-13-10-36)33-28-32-15-21-4-6-37(18-23(21)34-28)24-17-31-27-25(20(24)2)29-5-11-39-27/h14-17,29H,4-13,18H2,1-3H3,(H,32,33,34). The Balaban J connectivity index is 1.12. The van der Waals surface area contributed by atoms with Crippen LogP contribution < -0.4 is 25.2 Å². The van der Waals surface area contributed by atoms with Gasteiger partial charge in [0.1, 0.15) is 18.1 Å². The molecule has 0 aliphatic carbocycles. The fourth-order valence-corrected chi connectivity index (χ4v) is 5.49. The van der Waals surface area contributed by atoms with Crippen LogP contribution in [0.1, 0.15) is 22.4 Å². The topological polar surface area (TPSA) is 104 Å². The minimum Gasteiger partial charge on any atom is -0.474 e. The van der Waals surface area contributed by atoms with E-state index in [1.165, 1.54) is 5.56 Å². The summed E-state index contributed by atoms with van der Waals surface area (Å²) in [5.74, 6) is 2.26. The van der Waals surface area contributed by atoms with Gasteiger partial charge in [-0.15, -0.1) is 0 Å². The molecule has 2 N–H and O–H groups in total. The highest BCUT2D eigenvalue weighted by Crippen LogP contribution is 2.36. The van der Waals surface area contributed by atoms with Crippen molar-refractivity contribution in [3.63, 3.8) is 0 Å². The Bertz CT molecular complexity index is 1330. The summed E-state index contributed by atoms with van der Waals surface area (Å²) in [5.41, 5.74) is 7.48. The number of ether oxygens (including phenoxy) is 2. The molecular formula is C28H37N9O2. The number of anilines is 5. The van der Waals surface area contributed by atoms with Crippen LogP contribution in [-0.2, 0) is 17.7 Å². The van der Waals surface area contributed by atoms with Gasteiger partial charge in [0.05, 0.1) is 49.2 Å². The summed E-state index contributed by atoms with van der Waals surface area (Å²) in [7, 11) is 2.10. The lowest BCUT2D eigenvalue weighted by molar-refractivity contribution is 0.0392. The van der Waals surface area contributed by atoms with Crippen LogP contribution in [0.2, 0.25) is 0 Å². The molecule has 0 aromatic carbocycles. The first-order valence-corrected chi connectivity index (χ1v) is 13.8. The van der Waals surface area contributed by atoms with Gasteiger partial charge < -0.3 is 29.9 Å². The smallest absolute Gasteiger partial charge is 0.237 e. The zero-order chi connectivity index (χ0) is 26.8. The van der Waals surface area contributed by atoms with E-state index in [4.69, 9.17) is 19.4 Å². The molecule has 3 aromatic rings. The number of nitrogens with zero attached hydrogens (tertiary/aromatic N) is 7. The number of aryl methyl sites for hydroxylation is 1. The minimum atomic E-state index is 0.584. The van der Waals surface area contributed by atoms with Crippen LogP contribution in [-0.4, -0.2) is 91.0 Å². The van der Waals surface area contributed by atoms with E-state index in [-0.39, 0.29) is 0 Å². The third-order valence-electron chi connectivity index (χ3n) is 7.73. The van der Waals surface area contributed by atoms with Gasteiger partial charge in [0.15, 0.2) is 0 Å². The molecule has 0 unspecified atom stereocenters. The molecule has 39 heavy (non-hydrogen) atoms. The molecule has 0 radical (unpaired) electrons. The van der Waals surface area contributed by atoms with Crippen molar-refractivity contribution in [3.8, 4) is 5.88 Å². The molecule has 6 heterocycles. The molecule has 0 spiro atoms. The summed E-state index contributed by atoms with van der Waals surface area (Å²) >= 11 is 0. The highest BCUT2D eigenvalue weighted by molar-refractivity contribution is 5.70. The maximum atomic E-state index is 5.71. The summed E-state index contributed by atoms with van der Waals surface area (Å²) in [6.45, 7) is 12.8. The van der Waals surface area contributed by atoms with Crippen LogP contribution in [0.5, 0.6) is 5.88 Å². The Kier molecular flexibility index (Phi) is 7.34. The largest absolute Gasteiger partial charge is 0.474 e. The fourth-order valence-electron chi connectivity index (χ4n) is 5.49. The number of fused-ring (bicyclic) bond motifs is 2. The van der Waals surface area contributed by atoms with E-state index >= 15 is 0 Å². The van der Waals surface area contributed by atoms with Crippen molar-refractivity contribution >= 4 is 28.8 Å². The molecule has 0 bridgehead atoms. The van der Waals surface area contributed by atoms with E-state index in [2.05, 4.69) is 62.3 Å². The average Bonchev–Trinajstić information content (AvgIpc) is 2.96. The van der Waals surface area contributed by atoms with Crippen molar-refractivity contribution in [3.05, 3.63) is 47.0 Å². The Hall–Kier alpha value is -3.70. The molecule has 1 saturated heterocycles. The monoisotopic (exact) mass is 531 g/mol. The Morgan fingerprint density at radius 3 is 2.77 bits per heavy atom. The molecule has 0 saturated carbocycles. The van der Waals surface area contributed by atoms with Gasteiger partial charge >= 0.3 is 0 Å². The highest BCUT2D eigenvalue weighted by Gasteiger charge is 2.24. The minimum absolute atomic E-state index is 0.584. The van der Waals surface area contributed by atoms with E-state index in [1.54, 1.807) is 0 Å². The first-order valence-electron chi connectivity index (χ1n) is 13.8. The van der Waals surface area contributed by atoms with Gasteiger partial charge in [-0.1, -0.05) is 0 Å². The molecule has 0 amide bonds. The van der Waals surface area contributed by atoms with Gasteiger partial charge in [-0.3, -0.25) is 4.90 Å². The molecular weight excluding hydrogens is 494 g/mol. The summed E-state index contributed by atoms with van der Waals surface area (Å²) in [4.78, 5) is 25.8. The van der Waals surface area contributed by atoms with Gasteiger partial charge in [-0.05, 0) is 37.5 Å².